The molecule has 1 fully saturated rings. The lowest BCUT2D eigenvalue weighted by molar-refractivity contribution is -1.02. The molecule has 0 saturated carbocycles. The number of aliphatic hydroxyl groups is 1. The van der Waals surface area contributed by atoms with Crippen LogP contribution < -0.4 is 9.80 Å². The molecule has 0 spiro atoms. The smallest absolute Gasteiger partial charge is 0.148 e. The van der Waals surface area contributed by atoms with Gasteiger partial charge in [-0.05, 0) is 17.7 Å². The summed E-state index contributed by atoms with van der Waals surface area (Å²) in [5, 5.41) is 11.7. The van der Waals surface area contributed by atoms with Crippen LogP contribution in [-0.4, -0.2) is 42.8 Å². The van der Waals surface area contributed by atoms with Crippen molar-refractivity contribution >= 4 is 21.6 Å². The predicted molar refractivity (Wildman–Crippen MR) is 101 cm³/mol. The molecule has 0 aliphatic carbocycles. The van der Waals surface area contributed by atoms with Crippen LogP contribution in [0.5, 0.6) is 0 Å². The van der Waals surface area contributed by atoms with Crippen LogP contribution in [0, 0.1) is 0 Å². The average Bonchev–Trinajstić information content (AvgIpc) is 3.06. The monoisotopic (exact) mass is 355 g/mol. The number of aliphatic hydroxyl groups excluding tert-OH is 1. The summed E-state index contributed by atoms with van der Waals surface area (Å²) in [4.78, 5) is 7.88. The Morgan fingerprint density at radius 1 is 0.920 bits per heavy atom. The van der Waals surface area contributed by atoms with Gasteiger partial charge in [-0.3, -0.25) is 0 Å². The van der Waals surface area contributed by atoms with Crippen molar-refractivity contribution < 1.29 is 14.9 Å². The molecular weight excluding hydrogens is 330 g/mol. The van der Waals surface area contributed by atoms with Gasteiger partial charge in [0.05, 0.1) is 10.2 Å². The van der Waals surface area contributed by atoms with Crippen LogP contribution in [0.3, 0.4) is 0 Å². The van der Waals surface area contributed by atoms with Crippen LogP contribution in [0.2, 0.25) is 0 Å². The summed E-state index contributed by atoms with van der Waals surface area (Å²) < 4.78 is 1.28. The maximum absolute atomic E-state index is 10.4. The Morgan fingerprint density at radius 3 is 2.36 bits per heavy atom. The number of nitrogens with one attached hydrogen (secondary N) is 2. The quantitative estimate of drug-likeness (QED) is 0.617. The molecule has 1 aliphatic heterocycles. The standard InChI is InChI=1S/C20H23N3OS/c24-18(16-6-2-1-3-7-16)14-22-10-12-23(13-11-22)15-20-21-17-8-4-5-9-19(17)25-20/h1-9,18,24H,10-15H2/p+2/t18-/m1/s1. The number of hydrogen-bond donors (Lipinski definition) is 3. The molecule has 1 aliphatic rings. The zero-order chi connectivity index (χ0) is 17.1. The van der Waals surface area contributed by atoms with E-state index in [0.29, 0.717) is 0 Å². The molecular formula is C20H25N3OS+2. The normalized spacial score (nSPS) is 22.1. The van der Waals surface area contributed by atoms with Gasteiger partial charge in [0.1, 0.15) is 50.4 Å². The molecule has 4 rings (SSSR count). The molecule has 1 atom stereocenters. The van der Waals surface area contributed by atoms with E-state index in [1.807, 2.05) is 41.7 Å². The number of fused-ring (bicyclic) bond motifs is 1. The van der Waals surface area contributed by atoms with E-state index in [0.717, 1.165) is 50.3 Å². The SMILES string of the molecule is O[C@H](C[NH+]1CC[NH+](Cc2nc3ccccc3s2)CC1)c1ccccc1. The maximum Gasteiger partial charge on any atom is 0.148 e. The van der Waals surface area contributed by atoms with E-state index in [2.05, 4.69) is 24.3 Å². The van der Waals surface area contributed by atoms with Crippen LogP contribution in [0.25, 0.3) is 10.2 Å². The number of nitrogens with zero attached hydrogens (tertiary/aromatic N) is 1. The summed E-state index contributed by atoms with van der Waals surface area (Å²) in [6.07, 6.45) is -0.359. The molecule has 0 radical (unpaired) electrons. The highest BCUT2D eigenvalue weighted by atomic mass is 32.1. The van der Waals surface area contributed by atoms with Gasteiger partial charge in [-0.1, -0.05) is 42.5 Å². The van der Waals surface area contributed by atoms with Crippen LogP contribution in [-0.2, 0) is 6.54 Å². The second kappa shape index (κ2) is 7.62. The second-order valence-electron chi connectivity index (χ2n) is 6.88. The number of rotatable bonds is 5. The van der Waals surface area contributed by atoms with Crippen molar-refractivity contribution in [3.05, 3.63) is 65.2 Å². The van der Waals surface area contributed by atoms with Crippen LogP contribution >= 0.6 is 11.3 Å². The minimum atomic E-state index is -0.359. The Balaban J connectivity index is 1.29. The Labute approximate surface area is 152 Å². The van der Waals surface area contributed by atoms with E-state index in [-0.39, 0.29) is 6.10 Å². The average molecular weight is 356 g/mol. The van der Waals surface area contributed by atoms with E-state index in [1.165, 1.54) is 14.6 Å². The van der Waals surface area contributed by atoms with Gasteiger partial charge in [-0.25, -0.2) is 4.98 Å². The number of thiazole rings is 1. The zero-order valence-electron chi connectivity index (χ0n) is 14.3. The van der Waals surface area contributed by atoms with E-state index >= 15 is 0 Å². The van der Waals surface area contributed by atoms with E-state index in [1.54, 1.807) is 4.90 Å². The number of para-hydroxylation sites is 1. The van der Waals surface area contributed by atoms with Gasteiger partial charge in [0.15, 0.2) is 0 Å². The highest BCUT2D eigenvalue weighted by molar-refractivity contribution is 7.18. The molecule has 5 heteroatoms. The summed E-state index contributed by atoms with van der Waals surface area (Å²) in [7, 11) is 0. The van der Waals surface area contributed by atoms with Gasteiger partial charge < -0.3 is 14.9 Å². The first-order valence-corrected chi connectivity index (χ1v) is 9.84. The first kappa shape index (κ1) is 16.7. The fourth-order valence-corrected chi connectivity index (χ4v) is 4.65. The number of piperazine rings is 1. The van der Waals surface area contributed by atoms with E-state index in [4.69, 9.17) is 4.98 Å². The Morgan fingerprint density at radius 2 is 1.60 bits per heavy atom. The molecule has 0 bridgehead atoms. The van der Waals surface area contributed by atoms with Crippen LogP contribution in [0.4, 0.5) is 0 Å². The molecule has 130 valence electrons. The van der Waals surface area contributed by atoms with Crippen molar-refractivity contribution in [1.82, 2.24) is 4.98 Å². The van der Waals surface area contributed by atoms with Gasteiger partial charge in [-0.15, -0.1) is 11.3 Å². The molecule has 3 aromatic rings. The molecule has 2 heterocycles. The van der Waals surface area contributed by atoms with Crippen molar-refractivity contribution in [1.29, 1.82) is 0 Å². The van der Waals surface area contributed by atoms with Crippen molar-refractivity contribution in [2.75, 3.05) is 32.7 Å². The van der Waals surface area contributed by atoms with Crippen molar-refractivity contribution in [2.24, 2.45) is 0 Å². The minimum absolute atomic E-state index is 0.359. The fourth-order valence-electron chi connectivity index (χ4n) is 3.61. The largest absolute Gasteiger partial charge is 0.382 e. The van der Waals surface area contributed by atoms with Gasteiger partial charge in [-0.2, -0.15) is 0 Å². The molecule has 4 nitrogen and oxygen atoms in total. The first-order chi connectivity index (χ1) is 12.3. The summed E-state index contributed by atoms with van der Waals surface area (Å²) in [5.41, 5.74) is 2.15. The van der Waals surface area contributed by atoms with Gasteiger partial charge >= 0.3 is 0 Å². The van der Waals surface area contributed by atoms with E-state index in [9.17, 15) is 5.11 Å². The number of aromatic nitrogens is 1. The summed E-state index contributed by atoms with van der Waals surface area (Å²) in [5.74, 6) is 0. The topological polar surface area (TPSA) is 42.0 Å². The lowest BCUT2D eigenvalue weighted by atomic mass is 10.1. The summed E-state index contributed by atoms with van der Waals surface area (Å²) in [6.45, 7) is 6.35. The Hall–Kier alpha value is -1.79. The minimum Gasteiger partial charge on any atom is -0.382 e. The maximum atomic E-state index is 10.4. The number of quaternary nitrogens is 2. The second-order valence-corrected chi connectivity index (χ2v) is 8.00. The Bertz CT molecular complexity index is 779. The highest BCUT2D eigenvalue weighted by Crippen LogP contribution is 2.20. The molecule has 3 N–H and O–H groups in total. The molecule has 1 saturated heterocycles. The molecule has 0 amide bonds. The predicted octanol–water partition coefficient (Wildman–Crippen LogP) is 0.313. The van der Waals surface area contributed by atoms with Gasteiger partial charge in [0, 0.05) is 0 Å². The third kappa shape index (κ3) is 4.07. The third-order valence-electron chi connectivity index (χ3n) is 5.07. The van der Waals surface area contributed by atoms with Gasteiger partial charge in [0.25, 0.3) is 0 Å². The summed E-state index contributed by atoms with van der Waals surface area (Å²) >= 11 is 1.82. The third-order valence-corrected chi connectivity index (χ3v) is 6.11. The molecule has 2 aromatic carbocycles. The van der Waals surface area contributed by atoms with Crippen molar-refractivity contribution in [3.8, 4) is 0 Å². The molecule has 0 unspecified atom stereocenters. The Kier molecular flexibility index (Phi) is 5.08. The first-order valence-electron chi connectivity index (χ1n) is 9.02. The fraction of sp³-hybridized carbons (Fsp3) is 0.350. The van der Waals surface area contributed by atoms with Crippen molar-refractivity contribution in [2.45, 2.75) is 12.6 Å². The van der Waals surface area contributed by atoms with Crippen LogP contribution in [0.1, 0.15) is 16.7 Å². The number of hydrogen-bond acceptors (Lipinski definition) is 3. The number of benzene rings is 2. The lowest BCUT2D eigenvalue weighted by Gasteiger charge is -2.30. The van der Waals surface area contributed by atoms with E-state index < -0.39 is 0 Å². The van der Waals surface area contributed by atoms with Gasteiger partial charge in [0.2, 0.25) is 0 Å². The highest BCUT2D eigenvalue weighted by Gasteiger charge is 2.26. The van der Waals surface area contributed by atoms with Crippen molar-refractivity contribution in [3.63, 3.8) is 0 Å². The zero-order valence-corrected chi connectivity index (χ0v) is 15.1. The molecule has 1 aromatic heterocycles. The molecule has 25 heavy (non-hydrogen) atoms. The lowest BCUT2D eigenvalue weighted by Crippen LogP contribution is -3.27. The van der Waals surface area contributed by atoms with Crippen LogP contribution in [0.15, 0.2) is 54.6 Å². The summed E-state index contributed by atoms with van der Waals surface area (Å²) in [6, 6.07) is 18.4.